The van der Waals surface area contributed by atoms with E-state index in [1.165, 1.54) is 4.90 Å². The summed E-state index contributed by atoms with van der Waals surface area (Å²) < 4.78 is 0. The highest BCUT2D eigenvalue weighted by molar-refractivity contribution is 6.05. The molecule has 3 heteroatoms. The molecular weight excluding hydrogens is 166 g/mol. The fourth-order valence-corrected chi connectivity index (χ4v) is 1.49. The molecule has 1 heterocycles. The molecule has 0 saturated carbocycles. The van der Waals surface area contributed by atoms with Crippen molar-refractivity contribution in [2.75, 3.05) is 6.54 Å². The van der Waals surface area contributed by atoms with Crippen LogP contribution in [0.4, 0.5) is 0 Å². The molecule has 1 fully saturated rings. The average Bonchev–Trinajstić information content (AvgIpc) is 2.41. The number of hydrogen-bond acceptors (Lipinski definition) is 2. The van der Waals surface area contributed by atoms with Crippen LogP contribution < -0.4 is 0 Å². The van der Waals surface area contributed by atoms with E-state index >= 15 is 0 Å². The van der Waals surface area contributed by atoms with Crippen LogP contribution in [0.3, 0.4) is 0 Å². The fraction of sp³-hybridized carbons (Fsp3) is 0.600. The molecule has 1 aliphatic rings. The highest BCUT2D eigenvalue weighted by atomic mass is 16.2. The van der Waals surface area contributed by atoms with Crippen LogP contribution in [0.5, 0.6) is 0 Å². The van der Waals surface area contributed by atoms with E-state index in [1.807, 2.05) is 6.92 Å². The first-order chi connectivity index (χ1) is 6.19. The Morgan fingerprint density at radius 2 is 2.31 bits per heavy atom. The third kappa shape index (κ3) is 2.09. The lowest BCUT2D eigenvalue weighted by atomic mass is 10.1. The van der Waals surface area contributed by atoms with Crippen LogP contribution in [0.1, 0.15) is 26.2 Å². The molecule has 0 aromatic carbocycles. The van der Waals surface area contributed by atoms with Crippen molar-refractivity contribution in [2.24, 2.45) is 0 Å². The van der Waals surface area contributed by atoms with E-state index in [0.717, 1.165) is 12.8 Å². The third-order valence-corrected chi connectivity index (χ3v) is 2.15. The van der Waals surface area contributed by atoms with Gasteiger partial charge < -0.3 is 4.90 Å². The molecule has 0 aromatic heterocycles. The first-order valence-electron chi connectivity index (χ1n) is 4.46. The summed E-state index contributed by atoms with van der Waals surface area (Å²) in [5.74, 6) is 2.40. The highest BCUT2D eigenvalue weighted by Crippen LogP contribution is 2.14. The van der Waals surface area contributed by atoms with E-state index in [0.29, 0.717) is 0 Å². The molecule has 1 unspecified atom stereocenters. The van der Waals surface area contributed by atoms with Gasteiger partial charge in [0.15, 0.2) is 5.78 Å². The van der Waals surface area contributed by atoms with E-state index in [1.54, 1.807) is 0 Å². The molecule has 1 atom stereocenters. The second-order valence-electron chi connectivity index (χ2n) is 3.21. The maximum atomic E-state index is 11.3. The van der Waals surface area contributed by atoms with Crippen molar-refractivity contribution in [3.8, 4) is 12.3 Å². The van der Waals surface area contributed by atoms with Crippen LogP contribution >= 0.6 is 0 Å². The summed E-state index contributed by atoms with van der Waals surface area (Å²) in [5.41, 5.74) is 0. The number of terminal acetylenes is 1. The second-order valence-corrected chi connectivity index (χ2v) is 3.21. The molecule has 1 rings (SSSR count). The largest absolute Gasteiger partial charge is 0.321 e. The third-order valence-electron chi connectivity index (χ3n) is 2.15. The zero-order valence-electron chi connectivity index (χ0n) is 7.75. The van der Waals surface area contributed by atoms with Gasteiger partial charge in [0.05, 0.1) is 19.0 Å². The first kappa shape index (κ1) is 9.79. The molecule has 0 bridgehead atoms. The molecule has 0 aromatic rings. The summed E-state index contributed by atoms with van der Waals surface area (Å²) in [5, 5.41) is 0. The fourth-order valence-electron chi connectivity index (χ4n) is 1.49. The van der Waals surface area contributed by atoms with Crippen LogP contribution in [-0.2, 0) is 9.59 Å². The van der Waals surface area contributed by atoms with E-state index in [9.17, 15) is 9.59 Å². The van der Waals surface area contributed by atoms with Gasteiger partial charge in [0.25, 0.3) is 0 Å². The second kappa shape index (κ2) is 4.08. The van der Waals surface area contributed by atoms with Crippen LogP contribution in [-0.4, -0.2) is 29.2 Å². The quantitative estimate of drug-likeness (QED) is 0.469. The molecule has 1 amide bonds. The van der Waals surface area contributed by atoms with Crippen LogP contribution in [0, 0.1) is 12.3 Å². The van der Waals surface area contributed by atoms with Crippen molar-refractivity contribution >= 4 is 11.7 Å². The summed E-state index contributed by atoms with van der Waals surface area (Å²) in [7, 11) is 0. The minimum Gasteiger partial charge on any atom is -0.321 e. The lowest BCUT2D eigenvalue weighted by Crippen LogP contribution is -2.35. The van der Waals surface area contributed by atoms with Crippen LogP contribution in [0.2, 0.25) is 0 Å². The highest BCUT2D eigenvalue weighted by Gasteiger charge is 2.31. The molecular formula is C10H13NO2. The zero-order chi connectivity index (χ0) is 9.84. The Bertz CT molecular complexity index is 265. The lowest BCUT2D eigenvalue weighted by molar-refractivity contribution is -0.128. The van der Waals surface area contributed by atoms with Gasteiger partial charge in [-0.3, -0.25) is 9.59 Å². The Morgan fingerprint density at radius 3 is 2.69 bits per heavy atom. The number of rotatable bonds is 3. The van der Waals surface area contributed by atoms with Crippen molar-refractivity contribution in [3.63, 3.8) is 0 Å². The average molecular weight is 179 g/mol. The molecule has 1 saturated heterocycles. The molecule has 0 aliphatic carbocycles. The van der Waals surface area contributed by atoms with Gasteiger partial charge in [-0.15, -0.1) is 6.42 Å². The standard InChI is InChI=1S/C10H13NO2/c1-3-5-8(4-2)11-7-9(12)6-10(11)13/h2,8H,3,5-7H2,1H3. The number of Topliss-reactive ketones (excluding diaryl/α,β-unsaturated/α-hetero) is 1. The van der Waals surface area contributed by atoms with E-state index in [-0.39, 0.29) is 30.7 Å². The van der Waals surface area contributed by atoms with Gasteiger partial charge in [-0.2, -0.15) is 0 Å². The molecule has 70 valence electrons. The van der Waals surface area contributed by atoms with Crippen LogP contribution in [0.15, 0.2) is 0 Å². The lowest BCUT2D eigenvalue weighted by Gasteiger charge is -2.21. The SMILES string of the molecule is C#CC(CCC)N1CC(=O)CC1=O. The van der Waals surface area contributed by atoms with Gasteiger partial charge in [0.2, 0.25) is 5.91 Å². The monoisotopic (exact) mass is 179 g/mol. The maximum absolute atomic E-state index is 11.3. The van der Waals surface area contributed by atoms with Gasteiger partial charge in [-0.1, -0.05) is 19.3 Å². The molecule has 0 N–H and O–H groups in total. The Hall–Kier alpha value is -1.30. The Morgan fingerprint density at radius 1 is 1.62 bits per heavy atom. The van der Waals surface area contributed by atoms with Crippen molar-refractivity contribution in [1.29, 1.82) is 0 Å². The number of nitrogens with zero attached hydrogens (tertiary/aromatic N) is 1. The van der Waals surface area contributed by atoms with Crippen LogP contribution in [0.25, 0.3) is 0 Å². The van der Waals surface area contributed by atoms with E-state index in [4.69, 9.17) is 6.42 Å². The minimum absolute atomic E-state index is 0.0265. The summed E-state index contributed by atoms with van der Waals surface area (Å²) in [6.07, 6.45) is 7.02. The topological polar surface area (TPSA) is 37.4 Å². The Kier molecular flexibility index (Phi) is 3.07. The van der Waals surface area contributed by atoms with Gasteiger partial charge in [-0.05, 0) is 6.42 Å². The minimum atomic E-state index is -0.191. The zero-order valence-corrected chi connectivity index (χ0v) is 7.75. The number of carbonyl (C=O) groups excluding carboxylic acids is 2. The maximum Gasteiger partial charge on any atom is 0.231 e. The van der Waals surface area contributed by atoms with Crippen molar-refractivity contribution in [3.05, 3.63) is 0 Å². The van der Waals surface area contributed by atoms with Gasteiger partial charge >= 0.3 is 0 Å². The summed E-state index contributed by atoms with van der Waals surface area (Å²) in [4.78, 5) is 23.7. The summed E-state index contributed by atoms with van der Waals surface area (Å²) in [6, 6.07) is -0.191. The van der Waals surface area contributed by atoms with Gasteiger partial charge in [0.1, 0.15) is 0 Å². The summed E-state index contributed by atoms with van der Waals surface area (Å²) >= 11 is 0. The number of amides is 1. The molecule has 1 aliphatic heterocycles. The van der Waals surface area contributed by atoms with Crippen molar-refractivity contribution in [1.82, 2.24) is 4.90 Å². The smallest absolute Gasteiger partial charge is 0.231 e. The number of carbonyl (C=O) groups is 2. The number of ketones is 1. The number of likely N-dealkylation sites (tertiary alicyclic amines) is 1. The molecule has 3 nitrogen and oxygen atoms in total. The summed E-state index contributed by atoms with van der Waals surface area (Å²) in [6.45, 7) is 2.21. The van der Waals surface area contributed by atoms with Gasteiger partial charge in [-0.25, -0.2) is 0 Å². The Balaban J connectivity index is 2.65. The first-order valence-corrected chi connectivity index (χ1v) is 4.46. The normalized spacial score (nSPS) is 18.9. The van der Waals surface area contributed by atoms with Crippen molar-refractivity contribution < 1.29 is 9.59 Å². The van der Waals surface area contributed by atoms with Crippen molar-refractivity contribution in [2.45, 2.75) is 32.2 Å². The van der Waals surface area contributed by atoms with E-state index < -0.39 is 0 Å². The predicted molar refractivity (Wildman–Crippen MR) is 48.9 cm³/mol. The van der Waals surface area contributed by atoms with Gasteiger partial charge in [0, 0.05) is 0 Å². The molecule has 13 heavy (non-hydrogen) atoms. The predicted octanol–water partition coefficient (Wildman–Crippen LogP) is 0.590. The number of hydrogen-bond donors (Lipinski definition) is 0. The van der Waals surface area contributed by atoms with E-state index in [2.05, 4.69) is 5.92 Å². The Labute approximate surface area is 78.1 Å². The molecule has 0 radical (unpaired) electrons. The molecule has 0 spiro atoms.